The minimum absolute atomic E-state index is 0.0942. The molecule has 10 nitrogen and oxygen atoms in total. The Labute approximate surface area is 306 Å². The van der Waals surface area contributed by atoms with Gasteiger partial charge in [-0.15, -0.1) is 0 Å². The van der Waals surface area contributed by atoms with E-state index in [1.165, 1.54) is 28.6 Å². The molecule has 0 fully saturated rings. The summed E-state index contributed by atoms with van der Waals surface area (Å²) in [6.45, 7) is 13.0. The van der Waals surface area contributed by atoms with Gasteiger partial charge in [-0.25, -0.2) is 0 Å². The molecule has 0 atom stereocenters. The standard InChI is InChI=1S/C41H47N3O7S/c1-30-16-22-36-34(27-30)40(2,3)38(43(36)25-12-13-31-17-19-32(20-18-31)44(46)47)14-8-6-9-15-39-41(4,5)35-28-33(52(48,49)50)21-23-37(35)42(39)24-10-7-11-26-51-29-45/h6,8-9,14-23,27-29H,7,10-13,24-26H2,1-5H3/p+1. The number of nitro groups is 1. The van der Waals surface area contributed by atoms with Crippen molar-refractivity contribution in [3.8, 4) is 0 Å². The number of nitro benzene ring substituents is 1. The zero-order chi connectivity index (χ0) is 37.7. The van der Waals surface area contributed by atoms with Gasteiger partial charge in [-0.3, -0.25) is 19.5 Å². The van der Waals surface area contributed by atoms with Gasteiger partial charge >= 0.3 is 0 Å². The lowest BCUT2D eigenvalue weighted by Crippen LogP contribution is -2.28. The molecule has 0 bridgehead atoms. The van der Waals surface area contributed by atoms with Crippen molar-refractivity contribution in [2.24, 2.45) is 0 Å². The normalized spacial score (nSPS) is 17.0. The number of carbonyl (C=O) groups is 1. The number of anilines is 1. The highest BCUT2D eigenvalue weighted by atomic mass is 32.2. The minimum atomic E-state index is -4.37. The maximum absolute atomic E-state index is 12.0. The van der Waals surface area contributed by atoms with Crippen LogP contribution in [-0.2, 0) is 36.9 Å². The second kappa shape index (κ2) is 15.8. The Hall–Kier alpha value is -4.87. The molecule has 0 saturated carbocycles. The van der Waals surface area contributed by atoms with Crippen molar-refractivity contribution in [2.75, 3.05) is 24.6 Å². The van der Waals surface area contributed by atoms with Crippen molar-refractivity contribution >= 4 is 39.4 Å². The van der Waals surface area contributed by atoms with Crippen LogP contribution in [-0.4, -0.2) is 54.3 Å². The van der Waals surface area contributed by atoms with Gasteiger partial charge in [0.05, 0.1) is 21.8 Å². The van der Waals surface area contributed by atoms with Crippen LogP contribution in [0.25, 0.3) is 0 Å². The number of unbranched alkanes of at least 4 members (excludes halogenated alkanes) is 2. The van der Waals surface area contributed by atoms with Crippen LogP contribution in [0.15, 0.2) is 102 Å². The van der Waals surface area contributed by atoms with E-state index in [9.17, 15) is 27.9 Å². The monoisotopic (exact) mass is 726 g/mol. The molecule has 3 aromatic carbocycles. The zero-order valence-electron chi connectivity index (χ0n) is 30.5. The largest absolute Gasteiger partial charge is 0.468 e. The molecule has 0 radical (unpaired) electrons. The summed E-state index contributed by atoms with van der Waals surface area (Å²) >= 11 is 0. The maximum atomic E-state index is 12.0. The average molecular weight is 727 g/mol. The fourth-order valence-corrected chi connectivity index (χ4v) is 7.86. The number of ether oxygens (including phenoxy) is 1. The molecule has 2 aliphatic heterocycles. The van der Waals surface area contributed by atoms with Crippen LogP contribution in [0.5, 0.6) is 0 Å². The van der Waals surface area contributed by atoms with E-state index in [4.69, 9.17) is 4.74 Å². The Balaban J connectivity index is 1.39. The summed E-state index contributed by atoms with van der Waals surface area (Å²) in [5.74, 6) is 0. The fraction of sp³-hybridized carbons (Fsp3) is 0.366. The van der Waals surface area contributed by atoms with E-state index in [0.29, 0.717) is 19.6 Å². The van der Waals surface area contributed by atoms with Crippen LogP contribution < -0.4 is 4.90 Å². The Kier molecular flexibility index (Phi) is 11.7. The lowest BCUT2D eigenvalue weighted by Gasteiger charge is -2.27. The fourth-order valence-electron chi connectivity index (χ4n) is 7.35. The molecule has 0 saturated heterocycles. The second-order valence-electron chi connectivity index (χ2n) is 14.5. The number of benzene rings is 3. The smallest absolute Gasteiger partial charge is 0.294 e. The number of carbonyl (C=O) groups excluding carboxylic acids is 1. The first-order valence-corrected chi connectivity index (χ1v) is 19.1. The predicted molar refractivity (Wildman–Crippen MR) is 204 cm³/mol. The third kappa shape index (κ3) is 8.26. The highest BCUT2D eigenvalue weighted by Gasteiger charge is 2.45. The SMILES string of the molecule is Cc1ccc2c(c1)C(C)(C)C(=CC=CC=CC1=[N+](CCCCCOC=O)c3ccc(S(=O)(=O)O)cc3C1(C)C)N2CCCc1ccc([N+](=O)[O-])cc1. The molecule has 3 aromatic rings. The lowest BCUT2D eigenvalue weighted by molar-refractivity contribution is -0.438. The number of non-ortho nitro benzene ring substituents is 1. The van der Waals surface area contributed by atoms with Gasteiger partial charge in [0.2, 0.25) is 5.69 Å². The highest BCUT2D eigenvalue weighted by Crippen LogP contribution is 2.48. The summed E-state index contributed by atoms with van der Waals surface area (Å²) < 4.78 is 40.8. The molecule has 2 aliphatic rings. The Morgan fingerprint density at radius 2 is 1.65 bits per heavy atom. The summed E-state index contributed by atoms with van der Waals surface area (Å²) in [5, 5.41) is 11.1. The molecule has 0 amide bonds. The number of rotatable bonds is 16. The van der Waals surface area contributed by atoms with Gasteiger partial charge in [-0.2, -0.15) is 13.0 Å². The molecule has 1 N–H and O–H groups in total. The van der Waals surface area contributed by atoms with E-state index >= 15 is 0 Å². The molecule has 0 aromatic heterocycles. The van der Waals surface area contributed by atoms with Crippen LogP contribution >= 0.6 is 0 Å². The summed E-state index contributed by atoms with van der Waals surface area (Å²) in [6.07, 6.45) is 14.4. The summed E-state index contributed by atoms with van der Waals surface area (Å²) in [5.41, 5.74) is 7.97. The lowest BCUT2D eigenvalue weighted by atomic mass is 9.81. The van der Waals surface area contributed by atoms with Crippen molar-refractivity contribution in [1.29, 1.82) is 0 Å². The first-order chi connectivity index (χ1) is 24.7. The molecule has 274 valence electrons. The molecule has 5 rings (SSSR count). The number of aryl methyl sites for hydroxylation is 2. The van der Waals surface area contributed by atoms with E-state index < -0.39 is 15.5 Å². The third-order valence-corrected chi connectivity index (χ3v) is 11.0. The number of fused-ring (bicyclic) bond motifs is 2. The van der Waals surface area contributed by atoms with Gasteiger partial charge < -0.3 is 9.64 Å². The Bertz CT molecular complexity index is 2060. The van der Waals surface area contributed by atoms with Crippen LogP contribution in [0.3, 0.4) is 0 Å². The number of allylic oxidation sites excluding steroid dienone is 6. The first-order valence-electron chi connectivity index (χ1n) is 17.7. The number of nitrogens with zero attached hydrogens (tertiary/aromatic N) is 3. The van der Waals surface area contributed by atoms with E-state index in [0.717, 1.165) is 61.2 Å². The predicted octanol–water partition coefficient (Wildman–Crippen LogP) is 8.30. The first kappa shape index (κ1) is 38.4. The maximum Gasteiger partial charge on any atom is 0.294 e. The topological polar surface area (TPSA) is 130 Å². The van der Waals surface area contributed by atoms with Crippen molar-refractivity contribution in [3.05, 3.63) is 129 Å². The molecule has 52 heavy (non-hydrogen) atoms. The van der Waals surface area contributed by atoms with E-state index in [2.05, 4.69) is 80.5 Å². The van der Waals surface area contributed by atoms with Gasteiger partial charge in [-0.1, -0.05) is 61.9 Å². The second-order valence-corrected chi connectivity index (χ2v) is 15.9. The summed E-state index contributed by atoms with van der Waals surface area (Å²) in [6, 6.07) is 18.1. The quantitative estimate of drug-likeness (QED) is 0.0297. The van der Waals surface area contributed by atoms with Gasteiger partial charge in [0.15, 0.2) is 5.71 Å². The van der Waals surface area contributed by atoms with Gasteiger partial charge in [-0.05, 0) is 81.9 Å². The summed E-state index contributed by atoms with van der Waals surface area (Å²) in [4.78, 5) is 23.5. The molecule has 11 heteroatoms. The average Bonchev–Trinajstić information content (AvgIpc) is 3.43. The molecule has 0 spiro atoms. The molecule has 0 unspecified atom stereocenters. The number of hydrogen-bond acceptors (Lipinski definition) is 7. The zero-order valence-corrected chi connectivity index (χ0v) is 31.4. The van der Waals surface area contributed by atoms with Crippen molar-refractivity contribution in [2.45, 2.75) is 82.4 Å². The molecular weight excluding hydrogens is 679 g/mol. The van der Waals surface area contributed by atoms with Crippen molar-refractivity contribution in [1.82, 2.24) is 0 Å². The van der Waals surface area contributed by atoms with Crippen LogP contribution in [0.2, 0.25) is 0 Å². The van der Waals surface area contributed by atoms with E-state index in [-0.39, 0.29) is 20.9 Å². The molecular formula is C41H48N3O7S+. The molecule has 2 heterocycles. The van der Waals surface area contributed by atoms with Crippen LogP contribution in [0, 0.1) is 17.0 Å². The van der Waals surface area contributed by atoms with Crippen molar-refractivity contribution in [3.63, 3.8) is 0 Å². The summed E-state index contributed by atoms with van der Waals surface area (Å²) in [7, 11) is -4.37. The highest BCUT2D eigenvalue weighted by molar-refractivity contribution is 7.85. The Morgan fingerprint density at radius 1 is 0.904 bits per heavy atom. The third-order valence-electron chi connectivity index (χ3n) is 10.1. The van der Waals surface area contributed by atoms with E-state index in [1.807, 2.05) is 24.3 Å². The minimum Gasteiger partial charge on any atom is -0.468 e. The van der Waals surface area contributed by atoms with Gasteiger partial charge in [0, 0.05) is 59.6 Å². The van der Waals surface area contributed by atoms with Gasteiger partial charge in [0.1, 0.15) is 6.54 Å². The van der Waals surface area contributed by atoms with Crippen molar-refractivity contribution < 1.29 is 32.0 Å². The van der Waals surface area contributed by atoms with E-state index in [1.54, 1.807) is 24.3 Å². The van der Waals surface area contributed by atoms with Gasteiger partial charge in [0.25, 0.3) is 22.3 Å². The molecule has 0 aliphatic carbocycles. The Morgan fingerprint density at radius 3 is 2.35 bits per heavy atom. The van der Waals surface area contributed by atoms with Crippen LogP contribution in [0.4, 0.5) is 17.1 Å². The van der Waals surface area contributed by atoms with Crippen LogP contribution in [0.1, 0.15) is 75.6 Å². The number of hydrogen-bond donors (Lipinski definition) is 1.